The summed E-state index contributed by atoms with van der Waals surface area (Å²) in [7, 11) is 0. The van der Waals surface area contributed by atoms with Gasteiger partial charge in [0.15, 0.2) is 5.69 Å². The first-order chi connectivity index (χ1) is 11.7. The molecule has 0 atom stereocenters. The zero-order valence-electron chi connectivity index (χ0n) is 13.0. The smallest absolute Gasteiger partial charge is 0.272 e. The number of rotatable bonds is 5. The summed E-state index contributed by atoms with van der Waals surface area (Å²) in [5.41, 5.74) is 1.76. The third kappa shape index (κ3) is 3.57. The van der Waals surface area contributed by atoms with Crippen molar-refractivity contribution in [1.29, 1.82) is 0 Å². The lowest BCUT2D eigenvalue weighted by atomic mass is 10.2. The first-order valence-corrected chi connectivity index (χ1v) is 8.55. The number of para-hydroxylation sites is 1. The number of hydrogen-bond donors (Lipinski definition) is 3. The maximum Gasteiger partial charge on any atom is 0.272 e. The van der Waals surface area contributed by atoms with Gasteiger partial charge in [-0.25, -0.2) is 0 Å². The van der Waals surface area contributed by atoms with Gasteiger partial charge in [0.25, 0.3) is 5.91 Å². The lowest BCUT2D eigenvalue weighted by Gasteiger charge is -2.07. The molecule has 1 heterocycles. The molecule has 3 N–H and O–H groups in total. The van der Waals surface area contributed by atoms with Crippen molar-refractivity contribution in [3.05, 3.63) is 54.2 Å². The highest BCUT2D eigenvalue weighted by Crippen LogP contribution is 2.19. The van der Waals surface area contributed by atoms with Gasteiger partial charge in [0, 0.05) is 16.0 Å². The summed E-state index contributed by atoms with van der Waals surface area (Å²) in [6.45, 7) is -0.122. The van der Waals surface area contributed by atoms with Crippen LogP contribution in [0, 0.1) is 0 Å². The standard InChI is InChI=1S/C17H16N4O2S/c1-24-12-6-4-5-11(9-12)19-15(22)10-18-17(23)16-13-7-2-3-8-14(13)20-21-16/h2-9H,10H2,1H3,(H,18,23)(H,19,22)(H,20,21). The zero-order valence-corrected chi connectivity index (χ0v) is 13.8. The lowest BCUT2D eigenvalue weighted by Crippen LogP contribution is -2.33. The maximum atomic E-state index is 12.2. The molecule has 0 unspecified atom stereocenters. The highest BCUT2D eigenvalue weighted by atomic mass is 32.2. The summed E-state index contributed by atoms with van der Waals surface area (Å²) < 4.78 is 0. The van der Waals surface area contributed by atoms with Gasteiger partial charge >= 0.3 is 0 Å². The van der Waals surface area contributed by atoms with Gasteiger partial charge in [-0.2, -0.15) is 5.10 Å². The summed E-state index contributed by atoms with van der Waals surface area (Å²) >= 11 is 1.59. The Morgan fingerprint density at radius 3 is 2.83 bits per heavy atom. The molecular formula is C17H16N4O2S. The van der Waals surface area contributed by atoms with Crippen LogP contribution in [0.4, 0.5) is 5.69 Å². The molecule has 1 aromatic heterocycles. The fraction of sp³-hybridized carbons (Fsp3) is 0.118. The molecule has 0 saturated heterocycles. The van der Waals surface area contributed by atoms with Gasteiger partial charge in [0.05, 0.1) is 12.1 Å². The van der Waals surface area contributed by atoms with Gasteiger partial charge in [-0.1, -0.05) is 24.3 Å². The van der Waals surface area contributed by atoms with Crippen LogP contribution in [0.25, 0.3) is 10.9 Å². The average Bonchev–Trinajstić information content (AvgIpc) is 3.04. The quantitative estimate of drug-likeness (QED) is 0.623. The molecule has 122 valence electrons. The number of carbonyl (C=O) groups is 2. The third-order valence-electron chi connectivity index (χ3n) is 3.45. The number of amides is 2. The van der Waals surface area contributed by atoms with Crippen LogP contribution >= 0.6 is 11.8 Å². The number of nitrogens with one attached hydrogen (secondary N) is 3. The minimum absolute atomic E-state index is 0.122. The molecule has 2 aromatic carbocycles. The SMILES string of the molecule is CSc1cccc(NC(=O)CNC(=O)c2n[nH]c3ccccc23)c1. The number of anilines is 1. The summed E-state index contributed by atoms with van der Waals surface area (Å²) in [5.74, 6) is -0.679. The minimum atomic E-state index is -0.388. The van der Waals surface area contributed by atoms with E-state index in [1.165, 1.54) is 0 Å². The predicted molar refractivity (Wildman–Crippen MR) is 95.3 cm³/mol. The van der Waals surface area contributed by atoms with Crippen molar-refractivity contribution in [1.82, 2.24) is 15.5 Å². The minimum Gasteiger partial charge on any atom is -0.342 e. The Kier molecular flexibility index (Phi) is 4.81. The normalized spacial score (nSPS) is 10.5. The van der Waals surface area contributed by atoms with E-state index in [-0.39, 0.29) is 24.1 Å². The molecule has 0 aliphatic heterocycles. The summed E-state index contributed by atoms with van der Waals surface area (Å²) in [6.07, 6.45) is 1.97. The van der Waals surface area contributed by atoms with E-state index in [2.05, 4.69) is 20.8 Å². The van der Waals surface area contributed by atoms with E-state index in [9.17, 15) is 9.59 Å². The van der Waals surface area contributed by atoms with E-state index in [4.69, 9.17) is 0 Å². The number of benzene rings is 2. The van der Waals surface area contributed by atoms with Crippen LogP contribution < -0.4 is 10.6 Å². The van der Waals surface area contributed by atoms with Crippen molar-refractivity contribution in [3.8, 4) is 0 Å². The Balaban J connectivity index is 1.60. The first-order valence-electron chi connectivity index (χ1n) is 7.32. The molecule has 0 aliphatic rings. The molecule has 24 heavy (non-hydrogen) atoms. The van der Waals surface area contributed by atoms with E-state index >= 15 is 0 Å². The number of nitrogens with zero attached hydrogens (tertiary/aromatic N) is 1. The largest absolute Gasteiger partial charge is 0.342 e. The number of hydrogen-bond acceptors (Lipinski definition) is 4. The summed E-state index contributed by atoms with van der Waals surface area (Å²) in [4.78, 5) is 25.2. The Hall–Kier alpha value is -2.80. The molecule has 0 saturated carbocycles. The van der Waals surface area contributed by atoms with Gasteiger partial charge < -0.3 is 10.6 Å². The van der Waals surface area contributed by atoms with Crippen molar-refractivity contribution >= 4 is 40.2 Å². The Morgan fingerprint density at radius 1 is 1.17 bits per heavy atom. The molecule has 6 nitrogen and oxygen atoms in total. The Morgan fingerprint density at radius 2 is 2.00 bits per heavy atom. The molecule has 3 aromatic rings. The van der Waals surface area contributed by atoms with Crippen LogP contribution in [-0.2, 0) is 4.79 Å². The van der Waals surface area contributed by atoms with Crippen molar-refractivity contribution in [2.24, 2.45) is 0 Å². The molecule has 0 fully saturated rings. The molecular weight excluding hydrogens is 324 g/mol. The zero-order chi connectivity index (χ0) is 16.9. The number of aromatic nitrogens is 2. The second-order valence-electron chi connectivity index (χ2n) is 5.08. The fourth-order valence-corrected chi connectivity index (χ4v) is 2.75. The molecule has 3 rings (SSSR count). The van der Waals surface area contributed by atoms with E-state index in [1.54, 1.807) is 17.8 Å². The van der Waals surface area contributed by atoms with Crippen molar-refractivity contribution < 1.29 is 9.59 Å². The van der Waals surface area contributed by atoms with Gasteiger partial charge in [0.2, 0.25) is 5.91 Å². The van der Waals surface area contributed by atoms with Gasteiger partial charge in [-0.3, -0.25) is 14.7 Å². The van der Waals surface area contributed by atoms with E-state index in [0.29, 0.717) is 5.69 Å². The van der Waals surface area contributed by atoms with Crippen LogP contribution in [0.2, 0.25) is 0 Å². The van der Waals surface area contributed by atoms with Crippen molar-refractivity contribution in [2.45, 2.75) is 4.90 Å². The Labute approximate surface area is 143 Å². The predicted octanol–water partition coefficient (Wildman–Crippen LogP) is 2.65. The highest BCUT2D eigenvalue weighted by Gasteiger charge is 2.14. The first kappa shape index (κ1) is 16.1. The summed E-state index contributed by atoms with van der Waals surface area (Å²) in [5, 5.41) is 12.9. The molecule has 0 spiro atoms. The third-order valence-corrected chi connectivity index (χ3v) is 4.17. The van der Waals surface area contributed by atoms with Gasteiger partial charge in [-0.05, 0) is 30.5 Å². The number of carbonyl (C=O) groups excluding carboxylic acids is 2. The molecule has 2 amide bonds. The monoisotopic (exact) mass is 340 g/mol. The van der Waals surface area contributed by atoms with Crippen LogP contribution in [0.3, 0.4) is 0 Å². The van der Waals surface area contributed by atoms with E-state index < -0.39 is 0 Å². The van der Waals surface area contributed by atoms with Crippen molar-refractivity contribution in [2.75, 3.05) is 18.1 Å². The van der Waals surface area contributed by atoms with Crippen LogP contribution in [0.15, 0.2) is 53.4 Å². The van der Waals surface area contributed by atoms with Crippen LogP contribution in [0.1, 0.15) is 10.5 Å². The molecule has 7 heteroatoms. The van der Waals surface area contributed by atoms with E-state index in [1.807, 2.05) is 48.7 Å². The van der Waals surface area contributed by atoms with Gasteiger partial charge in [0.1, 0.15) is 0 Å². The summed E-state index contributed by atoms with van der Waals surface area (Å²) in [6, 6.07) is 14.9. The Bertz CT molecular complexity index is 891. The van der Waals surface area contributed by atoms with Crippen LogP contribution in [0.5, 0.6) is 0 Å². The average molecular weight is 340 g/mol. The number of fused-ring (bicyclic) bond motifs is 1. The lowest BCUT2D eigenvalue weighted by molar-refractivity contribution is -0.115. The topological polar surface area (TPSA) is 86.9 Å². The number of aromatic amines is 1. The highest BCUT2D eigenvalue weighted by molar-refractivity contribution is 7.98. The second kappa shape index (κ2) is 7.18. The van der Waals surface area contributed by atoms with Gasteiger partial charge in [-0.15, -0.1) is 11.8 Å². The molecule has 0 aliphatic carbocycles. The van der Waals surface area contributed by atoms with Crippen molar-refractivity contribution in [3.63, 3.8) is 0 Å². The molecule has 0 radical (unpaired) electrons. The molecule has 0 bridgehead atoms. The second-order valence-corrected chi connectivity index (χ2v) is 5.96. The van der Waals surface area contributed by atoms with Crippen LogP contribution in [-0.4, -0.2) is 34.8 Å². The number of H-pyrrole nitrogens is 1. The maximum absolute atomic E-state index is 12.2. The number of thioether (sulfide) groups is 1. The van der Waals surface area contributed by atoms with E-state index in [0.717, 1.165) is 15.8 Å². The fourth-order valence-electron chi connectivity index (χ4n) is 2.29.